The monoisotopic (exact) mass is 249 g/mol. The summed E-state index contributed by atoms with van der Waals surface area (Å²) in [5, 5.41) is 3.46. The standard InChI is InChI=1S/C15H23NO2/c1-4-17-12-8-11-16-13(3)14-9-6-7-10-15(14)18-5-2/h4,6-7,9-10,13,16H,1,5,8,11-12H2,2-3H3. The topological polar surface area (TPSA) is 30.5 Å². The molecule has 0 amide bonds. The predicted octanol–water partition coefficient (Wildman–Crippen LogP) is 3.29. The van der Waals surface area contributed by atoms with E-state index in [1.165, 1.54) is 11.8 Å². The SMILES string of the molecule is C=COCCCNC(C)c1ccccc1OCC. The Morgan fingerprint density at radius 3 is 2.89 bits per heavy atom. The zero-order chi connectivity index (χ0) is 13.2. The third-order valence-electron chi connectivity index (χ3n) is 2.69. The summed E-state index contributed by atoms with van der Waals surface area (Å²) in [6.07, 6.45) is 2.45. The summed E-state index contributed by atoms with van der Waals surface area (Å²) < 4.78 is 10.7. The second kappa shape index (κ2) is 8.59. The van der Waals surface area contributed by atoms with Crippen LogP contribution in [0.3, 0.4) is 0 Å². The Bertz CT molecular complexity index is 352. The first-order valence-corrected chi connectivity index (χ1v) is 6.47. The van der Waals surface area contributed by atoms with Gasteiger partial charge in [-0.1, -0.05) is 24.8 Å². The second-order valence-corrected chi connectivity index (χ2v) is 4.04. The largest absolute Gasteiger partial charge is 0.502 e. The smallest absolute Gasteiger partial charge is 0.124 e. The summed E-state index contributed by atoms with van der Waals surface area (Å²) in [6, 6.07) is 8.42. The number of rotatable bonds is 9. The maximum atomic E-state index is 5.63. The molecule has 0 heterocycles. The average molecular weight is 249 g/mol. The average Bonchev–Trinajstić information content (AvgIpc) is 2.39. The van der Waals surface area contributed by atoms with Crippen molar-refractivity contribution in [3.05, 3.63) is 42.7 Å². The van der Waals surface area contributed by atoms with Crippen molar-refractivity contribution in [1.29, 1.82) is 0 Å². The molecule has 1 aromatic rings. The highest BCUT2D eigenvalue weighted by atomic mass is 16.5. The van der Waals surface area contributed by atoms with E-state index in [9.17, 15) is 0 Å². The molecule has 0 aromatic heterocycles. The Labute approximate surface area is 110 Å². The normalized spacial score (nSPS) is 11.9. The Morgan fingerprint density at radius 1 is 1.39 bits per heavy atom. The third kappa shape index (κ3) is 4.80. The molecule has 0 aliphatic heterocycles. The summed E-state index contributed by atoms with van der Waals surface area (Å²) in [6.45, 7) is 9.97. The Kier molecular flexibility index (Phi) is 6.96. The minimum atomic E-state index is 0.275. The molecular formula is C15H23NO2. The number of benzene rings is 1. The molecule has 100 valence electrons. The van der Waals surface area contributed by atoms with Gasteiger partial charge in [0.2, 0.25) is 0 Å². The molecule has 1 unspecified atom stereocenters. The van der Waals surface area contributed by atoms with Crippen molar-refractivity contribution >= 4 is 0 Å². The van der Waals surface area contributed by atoms with Gasteiger partial charge in [-0.3, -0.25) is 0 Å². The Balaban J connectivity index is 2.44. The fraction of sp³-hybridized carbons (Fsp3) is 0.467. The highest BCUT2D eigenvalue weighted by Crippen LogP contribution is 2.24. The van der Waals surface area contributed by atoms with E-state index in [-0.39, 0.29) is 6.04 Å². The Hall–Kier alpha value is -1.48. The predicted molar refractivity (Wildman–Crippen MR) is 74.8 cm³/mol. The first-order chi connectivity index (χ1) is 8.79. The van der Waals surface area contributed by atoms with Crippen molar-refractivity contribution in [2.45, 2.75) is 26.3 Å². The molecule has 0 aliphatic carbocycles. The van der Waals surface area contributed by atoms with Gasteiger partial charge in [0.1, 0.15) is 5.75 Å². The number of ether oxygens (including phenoxy) is 2. The van der Waals surface area contributed by atoms with E-state index in [2.05, 4.69) is 24.9 Å². The molecule has 3 nitrogen and oxygen atoms in total. The minimum Gasteiger partial charge on any atom is -0.502 e. The van der Waals surface area contributed by atoms with Crippen LogP contribution in [0.4, 0.5) is 0 Å². The molecule has 0 saturated carbocycles. The highest BCUT2D eigenvalue weighted by molar-refractivity contribution is 5.35. The van der Waals surface area contributed by atoms with Gasteiger partial charge in [0.05, 0.1) is 19.5 Å². The van der Waals surface area contributed by atoms with Gasteiger partial charge in [0, 0.05) is 11.6 Å². The lowest BCUT2D eigenvalue weighted by Crippen LogP contribution is -2.21. The van der Waals surface area contributed by atoms with E-state index in [0.717, 1.165) is 18.7 Å². The fourth-order valence-corrected chi connectivity index (χ4v) is 1.79. The van der Waals surface area contributed by atoms with Gasteiger partial charge in [-0.2, -0.15) is 0 Å². The molecule has 1 N–H and O–H groups in total. The van der Waals surface area contributed by atoms with Crippen LogP contribution in [0.25, 0.3) is 0 Å². The van der Waals surface area contributed by atoms with Crippen molar-refractivity contribution in [3.8, 4) is 5.75 Å². The van der Waals surface area contributed by atoms with Crippen molar-refractivity contribution < 1.29 is 9.47 Å². The van der Waals surface area contributed by atoms with Gasteiger partial charge in [0.25, 0.3) is 0 Å². The Morgan fingerprint density at radius 2 is 2.17 bits per heavy atom. The lowest BCUT2D eigenvalue weighted by atomic mass is 10.1. The van der Waals surface area contributed by atoms with Crippen molar-refractivity contribution in [2.75, 3.05) is 19.8 Å². The molecule has 1 atom stereocenters. The van der Waals surface area contributed by atoms with Crippen LogP contribution < -0.4 is 10.1 Å². The van der Waals surface area contributed by atoms with E-state index < -0.39 is 0 Å². The van der Waals surface area contributed by atoms with Gasteiger partial charge < -0.3 is 14.8 Å². The van der Waals surface area contributed by atoms with E-state index >= 15 is 0 Å². The fourth-order valence-electron chi connectivity index (χ4n) is 1.79. The molecule has 0 spiro atoms. The first kappa shape index (κ1) is 14.6. The summed E-state index contributed by atoms with van der Waals surface area (Å²) in [5.41, 5.74) is 1.20. The molecule has 1 aromatic carbocycles. The molecular weight excluding hydrogens is 226 g/mol. The zero-order valence-electron chi connectivity index (χ0n) is 11.3. The van der Waals surface area contributed by atoms with Crippen LogP contribution in [0.1, 0.15) is 31.9 Å². The minimum absolute atomic E-state index is 0.275. The molecule has 0 aliphatic rings. The zero-order valence-corrected chi connectivity index (χ0v) is 11.3. The van der Waals surface area contributed by atoms with Gasteiger partial charge in [-0.15, -0.1) is 0 Å². The maximum absolute atomic E-state index is 5.63. The third-order valence-corrected chi connectivity index (χ3v) is 2.69. The number of hydrogen-bond acceptors (Lipinski definition) is 3. The van der Waals surface area contributed by atoms with E-state index in [1.807, 2.05) is 25.1 Å². The van der Waals surface area contributed by atoms with Gasteiger partial charge >= 0.3 is 0 Å². The number of nitrogens with one attached hydrogen (secondary N) is 1. The van der Waals surface area contributed by atoms with E-state index in [1.54, 1.807) is 0 Å². The van der Waals surface area contributed by atoms with Gasteiger partial charge in [0.15, 0.2) is 0 Å². The van der Waals surface area contributed by atoms with E-state index in [0.29, 0.717) is 13.2 Å². The lowest BCUT2D eigenvalue weighted by molar-refractivity contribution is 0.243. The summed E-state index contributed by atoms with van der Waals surface area (Å²) in [4.78, 5) is 0. The van der Waals surface area contributed by atoms with Crippen LogP contribution in [0.5, 0.6) is 5.75 Å². The van der Waals surface area contributed by atoms with Crippen LogP contribution in [-0.4, -0.2) is 19.8 Å². The van der Waals surface area contributed by atoms with Crippen LogP contribution >= 0.6 is 0 Å². The van der Waals surface area contributed by atoms with Crippen molar-refractivity contribution in [1.82, 2.24) is 5.32 Å². The molecule has 0 bridgehead atoms. The molecule has 3 heteroatoms. The van der Waals surface area contributed by atoms with Crippen LogP contribution in [-0.2, 0) is 4.74 Å². The first-order valence-electron chi connectivity index (χ1n) is 6.47. The van der Waals surface area contributed by atoms with Crippen LogP contribution in [0, 0.1) is 0 Å². The summed E-state index contributed by atoms with van der Waals surface area (Å²) in [7, 11) is 0. The molecule has 18 heavy (non-hydrogen) atoms. The second-order valence-electron chi connectivity index (χ2n) is 4.04. The quantitative estimate of drug-likeness (QED) is 0.538. The maximum Gasteiger partial charge on any atom is 0.124 e. The van der Waals surface area contributed by atoms with Gasteiger partial charge in [-0.05, 0) is 32.9 Å². The van der Waals surface area contributed by atoms with Gasteiger partial charge in [-0.25, -0.2) is 0 Å². The molecule has 0 saturated heterocycles. The van der Waals surface area contributed by atoms with Crippen molar-refractivity contribution in [2.24, 2.45) is 0 Å². The number of hydrogen-bond donors (Lipinski definition) is 1. The molecule has 1 rings (SSSR count). The van der Waals surface area contributed by atoms with Crippen LogP contribution in [0.15, 0.2) is 37.1 Å². The molecule has 0 fully saturated rings. The summed E-state index contributed by atoms with van der Waals surface area (Å²) in [5.74, 6) is 0.961. The lowest BCUT2D eigenvalue weighted by Gasteiger charge is -2.17. The van der Waals surface area contributed by atoms with Crippen molar-refractivity contribution in [3.63, 3.8) is 0 Å². The van der Waals surface area contributed by atoms with Crippen LogP contribution in [0.2, 0.25) is 0 Å². The van der Waals surface area contributed by atoms with E-state index in [4.69, 9.17) is 9.47 Å². The number of para-hydroxylation sites is 1. The molecule has 0 radical (unpaired) electrons. The highest BCUT2D eigenvalue weighted by Gasteiger charge is 2.09. The summed E-state index contributed by atoms with van der Waals surface area (Å²) >= 11 is 0.